The first-order valence-corrected chi connectivity index (χ1v) is 11.0. The van der Waals surface area contributed by atoms with Crippen molar-refractivity contribution in [3.8, 4) is 0 Å². The van der Waals surface area contributed by atoms with Gasteiger partial charge in [-0.25, -0.2) is 9.18 Å². The van der Waals surface area contributed by atoms with Crippen molar-refractivity contribution in [3.05, 3.63) is 59.4 Å². The summed E-state index contributed by atoms with van der Waals surface area (Å²) in [6.07, 6.45) is 1.02. The Labute approximate surface area is 188 Å². The number of hydrogen-bond donors (Lipinski definition) is 1. The number of halogens is 1. The van der Waals surface area contributed by atoms with Gasteiger partial charge in [0.15, 0.2) is 0 Å². The van der Waals surface area contributed by atoms with Gasteiger partial charge in [0.1, 0.15) is 11.4 Å². The number of nitrogens with two attached hydrogens (primary N) is 1. The Hall–Kier alpha value is -2.93. The maximum absolute atomic E-state index is 14.2. The number of nitrogens with zero attached hydrogens (tertiary/aromatic N) is 2. The summed E-state index contributed by atoms with van der Waals surface area (Å²) in [4.78, 5) is 19.6. The average Bonchev–Trinajstić information content (AvgIpc) is 3.16. The van der Waals surface area contributed by atoms with Gasteiger partial charge in [-0.05, 0) is 57.4 Å². The third-order valence-electron chi connectivity index (χ3n) is 5.78. The smallest absolute Gasteiger partial charge is 0.411 e. The minimum Gasteiger partial charge on any atom is -0.444 e. The lowest BCUT2D eigenvalue weighted by molar-refractivity contribution is -0.0571. The van der Waals surface area contributed by atoms with Gasteiger partial charge in [0, 0.05) is 23.4 Å². The van der Waals surface area contributed by atoms with Crippen molar-refractivity contribution in [1.82, 2.24) is 4.90 Å². The van der Waals surface area contributed by atoms with Crippen LogP contribution in [-0.4, -0.2) is 47.6 Å². The summed E-state index contributed by atoms with van der Waals surface area (Å²) >= 11 is 0. The van der Waals surface area contributed by atoms with E-state index in [0.717, 1.165) is 17.0 Å². The predicted molar refractivity (Wildman–Crippen MR) is 123 cm³/mol. The number of carbonyl (C=O) groups excluding carboxylic acids is 1. The molecule has 4 rings (SSSR count). The van der Waals surface area contributed by atoms with Crippen molar-refractivity contribution in [1.29, 1.82) is 0 Å². The fourth-order valence-electron chi connectivity index (χ4n) is 4.19. The van der Waals surface area contributed by atoms with Crippen LogP contribution >= 0.6 is 0 Å². The molecule has 32 heavy (non-hydrogen) atoms. The molecule has 0 spiro atoms. The largest absolute Gasteiger partial charge is 0.444 e. The number of rotatable bonds is 4. The third-order valence-corrected chi connectivity index (χ3v) is 5.78. The van der Waals surface area contributed by atoms with Gasteiger partial charge in [-0.3, -0.25) is 9.89 Å². The van der Waals surface area contributed by atoms with E-state index in [2.05, 4.69) is 6.07 Å². The number of carbonyl (C=O) groups is 1. The molecule has 2 aromatic rings. The molecule has 2 aromatic carbocycles. The Bertz CT molecular complexity index is 1010. The number of para-hydroxylation sites is 1. The Balaban J connectivity index is 1.50. The Morgan fingerprint density at radius 3 is 2.75 bits per heavy atom. The summed E-state index contributed by atoms with van der Waals surface area (Å²) in [5.74, 6) is -0.319. The van der Waals surface area contributed by atoms with E-state index in [-0.39, 0.29) is 24.1 Å². The van der Waals surface area contributed by atoms with Gasteiger partial charge in [-0.1, -0.05) is 24.3 Å². The van der Waals surface area contributed by atoms with Crippen molar-refractivity contribution in [2.45, 2.75) is 57.8 Å². The molecule has 7 heteroatoms. The van der Waals surface area contributed by atoms with Crippen LogP contribution < -0.4 is 5.73 Å². The maximum atomic E-state index is 14.2. The van der Waals surface area contributed by atoms with Crippen molar-refractivity contribution >= 4 is 23.2 Å². The third kappa shape index (κ3) is 4.93. The number of ether oxygens (including phenoxy) is 2. The molecule has 1 fully saturated rings. The van der Waals surface area contributed by atoms with Crippen LogP contribution in [0.4, 0.5) is 20.6 Å². The van der Waals surface area contributed by atoms with Gasteiger partial charge in [-0.15, -0.1) is 0 Å². The van der Waals surface area contributed by atoms with Crippen LogP contribution in [0.25, 0.3) is 0 Å². The highest BCUT2D eigenvalue weighted by Crippen LogP contribution is 2.30. The lowest BCUT2D eigenvalue weighted by atomic mass is 10.00. The van der Waals surface area contributed by atoms with Gasteiger partial charge in [0.25, 0.3) is 0 Å². The van der Waals surface area contributed by atoms with E-state index >= 15 is 0 Å². The highest BCUT2D eigenvalue weighted by Gasteiger charge is 2.38. The number of hydrogen-bond acceptors (Lipinski definition) is 5. The van der Waals surface area contributed by atoms with E-state index in [0.29, 0.717) is 43.7 Å². The molecule has 0 radical (unpaired) electrons. The van der Waals surface area contributed by atoms with E-state index in [1.165, 1.54) is 6.07 Å². The van der Waals surface area contributed by atoms with E-state index in [1.54, 1.807) is 17.0 Å². The number of aliphatic imine (C=N–C) groups is 1. The zero-order chi connectivity index (χ0) is 22.9. The van der Waals surface area contributed by atoms with Crippen molar-refractivity contribution in [2.75, 3.05) is 18.9 Å². The average molecular weight is 440 g/mol. The van der Waals surface area contributed by atoms with Gasteiger partial charge >= 0.3 is 6.09 Å². The minimum atomic E-state index is -0.614. The summed E-state index contributed by atoms with van der Waals surface area (Å²) in [5, 5.41) is 0. The number of fused-ring (bicyclic) bond motifs is 1. The first kappa shape index (κ1) is 22.3. The number of benzene rings is 2. The van der Waals surface area contributed by atoms with Crippen LogP contribution in [0.5, 0.6) is 0 Å². The second-order valence-corrected chi connectivity index (χ2v) is 9.36. The molecule has 2 heterocycles. The molecule has 2 aliphatic rings. The quantitative estimate of drug-likeness (QED) is 0.702. The molecule has 2 N–H and O–H groups in total. The number of amides is 1. The molecule has 1 amide bonds. The van der Waals surface area contributed by atoms with Crippen molar-refractivity contribution in [2.24, 2.45) is 4.99 Å². The summed E-state index contributed by atoms with van der Waals surface area (Å²) in [6, 6.07) is 12.4. The van der Waals surface area contributed by atoms with Crippen LogP contribution in [0.15, 0.2) is 47.5 Å². The molecule has 2 aliphatic heterocycles. The van der Waals surface area contributed by atoms with Crippen LogP contribution in [0.1, 0.15) is 38.3 Å². The topological polar surface area (TPSA) is 77.2 Å². The monoisotopic (exact) mass is 439 g/mol. The van der Waals surface area contributed by atoms with Gasteiger partial charge < -0.3 is 15.2 Å². The molecule has 0 aromatic heterocycles. The normalized spacial score (nSPS) is 20.6. The predicted octanol–water partition coefficient (Wildman–Crippen LogP) is 4.67. The second kappa shape index (κ2) is 8.90. The van der Waals surface area contributed by atoms with E-state index in [1.807, 2.05) is 39.0 Å². The molecule has 2 atom stereocenters. The summed E-state index contributed by atoms with van der Waals surface area (Å²) in [6.45, 7) is 6.22. The minimum absolute atomic E-state index is 0.248. The first-order chi connectivity index (χ1) is 15.2. The number of morpholine rings is 1. The second-order valence-electron chi connectivity index (χ2n) is 9.36. The lowest BCUT2D eigenvalue weighted by Gasteiger charge is -2.40. The van der Waals surface area contributed by atoms with Crippen LogP contribution in [0.3, 0.4) is 0 Å². The number of nitrogen functional groups attached to an aromatic ring is 1. The van der Waals surface area contributed by atoms with Gasteiger partial charge in [0.05, 0.1) is 31.0 Å². The molecular formula is C25H30FN3O3. The van der Waals surface area contributed by atoms with E-state index in [9.17, 15) is 9.18 Å². The van der Waals surface area contributed by atoms with E-state index in [4.69, 9.17) is 20.2 Å². The maximum Gasteiger partial charge on any atom is 0.411 e. The molecule has 0 bridgehead atoms. The zero-order valence-corrected chi connectivity index (χ0v) is 18.8. The molecule has 0 saturated carbocycles. The highest BCUT2D eigenvalue weighted by atomic mass is 19.1. The van der Waals surface area contributed by atoms with E-state index < -0.39 is 5.60 Å². The molecular weight excluding hydrogens is 409 g/mol. The highest BCUT2D eigenvalue weighted by molar-refractivity contribution is 5.99. The molecule has 170 valence electrons. The Kier molecular flexibility index (Phi) is 6.20. The summed E-state index contributed by atoms with van der Waals surface area (Å²) in [5.41, 5.74) is 9.22. The van der Waals surface area contributed by atoms with Crippen LogP contribution in [0.2, 0.25) is 0 Å². The molecule has 0 unspecified atom stereocenters. The first-order valence-electron chi connectivity index (χ1n) is 11.0. The number of anilines is 1. The van der Waals surface area contributed by atoms with Gasteiger partial charge in [0.2, 0.25) is 0 Å². The molecule has 1 saturated heterocycles. The Morgan fingerprint density at radius 1 is 1.25 bits per heavy atom. The lowest BCUT2D eigenvalue weighted by Crippen LogP contribution is -2.56. The van der Waals surface area contributed by atoms with Crippen molar-refractivity contribution in [3.63, 3.8) is 0 Å². The van der Waals surface area contributed by atoms with Crippen LogP contribution in [-0.2, 0) is 22.3 Å². The SMILES string of the molecule is CC(C)(C)OC(=O)N1C[C@@H](CCc2c(N)cccc2F)OC[C@H]1C1=Nc2ccccc2C1. The van der Waals surface area contributed by atoms with Gasteiger partial charge in [-0.2, -0.15) is 0 Å². The zero-order valence-electron chi connectivity index (χ0n) is 18.8. The summed E-state index contributed by atoms with van der Waals surface area (Å²) < 4.78 is 26.0. The van der Waals surface area contributed by atoms with Crippen molar-refractivity contribution < 1.29 is 18.7 Å². The molecule has 6 nitrogen and oxygen atoms in total. The van der Waals surface area contributed by atoms with Crippen LogP contribution in [0, 0.1) is 5.82 Å². The fourth-order valence-corrected chi connectivity index (χ4v) is 4.19. The fraction of sp³-hybridized carbons (Fsp3) is 0.440. The summed E-state index contributed by atoms with van der Waals surface area (Å²) in [7, 11) is 0. The Morgan fingerprint density at radius 2 is 2.03 bits per heavy atom. The standard InChI is InChI=1S/C25H30FN3O3/c1-25(2,3)32-24(30)29-14-17(11-12-18-19(26)8-6-9-20(18)27)31-15-23(29)22-13-16-7-4-5-10-21(16)28-22/h4-10,17,23H,11-15,27H2,1-3H3/t17-,23+/m1/s1. The molecule has 0 aliphatic carbocycles.